The molecule has 4 aromatic rings. The third kappa shape index (κ3) is 3.04. The molecule has 0 atom stereocenters. The quantitative estimate of drug-likeness (QED) is 0.313. The van der Waals surface area contributed by atoms with Gasteiger partial charge in [0.2, 0.25) is 0 Å². The SMILES string of the molecule is FC(F)(F)C1=Cc2ccccc2C1=C(c1ccccc1)n1ccc2ccc(Cl)cc21. The summed E-state index contributed by atoms with van der Waals surface area (Å²) in [5.41, 5.74) is 2.56. The van der Waals surface area contributed by atoms with E-state index in [2.05, 4.69) is 0 Å². The Balaban J connectivity index is 1.93. The molecular weight excluding hydrogens is 407 g/mol. The molecule has 30 heavy (non-hydrogen) atoms. The van der Waals surface area contributed by atoms with E-state index in [-0.39, 0.29) is 5.57 Å². The summed E-state index contributed by atoms with van der Waals surface area (Å²) < 4.78 is 44.2. The first-order valence-corrected chi connectivity index (χ1v) is 9.76. The molecule has 0 fully saturated rings. The molecule has 0 radical (unpaired) electrons. The van der Waals surface area contributed by atoms with Gasteiger partial charge in [0.25, 0.3) is 0 Å². The second-order valence-electron chi connectivity index (χ2n) is 7.12. The number of benzene rings is 3. The summed E-state index contributed by atoms with van der Waals surface area (Å²) in [6.45, 7) is 0. The van der Waals surface area contributed by atoms with Gasteiger partial charge in [-0.3, -0.25) is 0 Å². The molecule has 1 nitrogen and oxygen atoms in total. The third-order valence-electron chi connectivity index (χ3n) is 5.28. The molecule has 0 aliphatic heterocycles. The van der Waals surface area contributed by atoms with Crippen molar-refractivity contribution in [2.75, 3.05) is 0 Å². The number of nitrogens with zero attached hydrogens (tertiary/aromatic N) is 1. The highest BCUT2D eigenvalue weighted by Crippen LogP contribution is 2.48. The van der Waals surface area contributed by atoms with Gasteiger partial charge in [-0.1, -0.05) is 72.3 Å². The van der Waals surface area contributed by atoms with Crippen molar-refractivity contribution in [1.82, 2.24) is 4.57 Å². The van der Waals surface area contributed by atoms with Crippen LogP contribution in [0.25, 0.3) is 28.2 Å². The number of hydrogen-bond donors (Lipinski definition) is 0. The van der Waals surface area contributed by atoms with E-state index in [4.69, 9.17) is 11.6 Å². The molecule has 1 aliphatic rings. The molecule has 0 bridgehead atoms. The summed E-state index contributed by atoms with van der Waals surface area (Å²) in [6, 6.07) is 23.4. The minimum Gasteiger partial charge on any atom is -0.315 e. The van der Waals surface area contributed by atoms with Crippen molar-refractivity contribution in [3.05, 3.63) is 112 Å². The zero-order valence-corrected chi connectivity index (χ0v) is 16.4. The van der Waals surface area contributed by atoms with Gasteiger partial charge in [0.1, 0.15) is 0 Å². The number of allylic oxidation sites excluding steroid dienone is 2. The number of rotatable bonds is 2. The van der Waals surface area contributed by atoms with Gasteiger partial charge in [-0.25, -0.2) is 0 Å². The van der Waals surface area contributed by atoms with E-state index in [0.717, 1.165) is 10.9 Å². The molecule has 1 aromatic heterocycles. The van der Waals surface area contributed by atoms with Crippen molar-refractivity contribution in [3.8, 4) is 0 Å². The third-order valence-corrected chi connectivity index (χ3v) is 5.52. The number of hydrogen-bond acceptors (Lipinski definition) is 0. The molecule has 5 heteroatoms. The normalized spacial score (nSPS) is 15.3. The lowest BCUT2D eigenvalue weighted by Gasteiger charge is -2.20. The van der Waals surface area contributed by atoms with Crippen molar-refractivity contribution in [2.24, 2.45) is 0 Å². The van der Waals surface area contributed by atoms with Crippen LogP contribution in [0.3, 0.4) is 0 Å². The monoisotopic (exact) mass is 421 g/mol. The molecule has 0 N–H and O–H groups in total. The molecule has 1 heterocycles. The highest BCUT2D eigenvalue weighted by Gasteiger charge is 2.41. The van der Waals surface area contributed by atoms with Gasteiger partial charge >= 0.3 is 6.18 Å². The maximum atomic E-state index is 14.1. The molecule has 0 spiro atoms. The number of halogens is 4. The molecule has 148 valence electrons. The first-order valence-electron chi connectivity index (χ1n) is 9.39. The van der Waals surface area contributed by atoms with E-state index in [0.29, 0.717) is 27.4 Å². The van der Waals surface area contributed by atoms with Crippen molar-refractivity contribution >= 4 is 39.9 Å². The van der Waals surface area contributed by atoms with Crippen LogP contribution in [-0.4, -0.2) is 10.7 Å². The van der Waals surface area contributed by atoms with Crippen LogP contribution in [0, 0.1) is 0 Å². The maximum absolute atomic E-state index is 14.1. The first kappa shape index (κ1) is 18.8. The summed E-state index contributed by atoms with van der Waals surface area (Å²) in [5.74, 6) is 0. The Morgan fingerprint density at radius 1 is 0.833 bits per heavy atom. The molecule has 0 amide bonds. The van der Waals surface area contributed by atoms with Gasteiger partial charge in [0.15, 0.2) is 0 Å². The molecular formula is C25H15ClF3N. The second kappa shape index (κ2) is 6.92. The van der Waals surface area contributed by atoms with E-state index in [1.807, 2.05) is 42.5 Å². The van der Waals surface area contributed by atoms with Crippen molar-refractivity contribution in [3.63, 3.8) is 0 Å². The van der Waals surface area contributed by atoms with E-state index >= 15 is 0 Å². The van der Waals surface area contributed by atoms with Gasteiger partial charge < -0.3 is 4.57 Å². The van der Waals surface area contributed by atoms with Crippen LogP contribution in [0.4, 0.5) is 13.2 Å². The topological polar surface area (TPSA) is 4.93 Å². The van der Waals surface area contributed by atoms with E-state index in [1.54, 1.807) is 47.2 Å². The number of aromatic nitrogens is 1. The zero-order chi connectivity index (χ0) is 20.9. The maximum Gasteiger partial charge on any atom is 0.417 e. The van der Waals surface area contributed by atoms with Gasteiger partial charge in [0.05, 0.1) is 16.8 Å². The number of alkyl halides is 3. The van der Waals surface area contributed by atoms with Gasteiger partial charge in [0, 0.05) is 22.2 Å². The molecule has 0 saturated heterocycles. The molecule has 1 aliphatic carbocycles. The fourth-order valence-electron chi connectivity index (χ4n) is 4.00. The molecule has 0 unspecified atom stereocenters. The Morgan fingerprint density at radius 3 is 2.33 bits per heavy atom. The molecule has 5 rings (SSSR count). The predicted molar refractivity (Wildman–Crippen MR) is 116 cm³/mol. The second-order valence-corrected chi connectivity index (χ2v) is 7.56. The summed E-state index contributed by atoms with van der Waals surface area (Å²) in [6.07, 6.45) is -1.47. The average Bonchev–Trinajstić information content (AvgIpc) is 3.31. The zero-order valence-electron chi connectivity index (χ0n) is 15.6. The lowest BCUT2D eigenvalue weighted by molar-refractivity contribution is -0.0859. The van der Waals surface area contributed by atoms with Crippen LogP contribution in [-0.2, 0) is 0 Å². The molecule has 0 saturated carbocycles. The van der Waals surface area contributed by atoms with Crippen molar-refractivity contribution in [2.45, 2.75) is 6.18 Å². The lowest BCUT2D eigenvalue weighted by Crippen LogP contribution is -2.13. The average molecular weight is 422 g/mol. The number of fused-ring (bicyclic) bond motifs is 2. The van der Waals surface area contributed by atoms with E-state index < -0.39 is 11.7 Å². The van der Waals surface area contributed by atoms with Gasteiger partial charge in [-0.2, -0.15) is 13.2 Å². The van der Waals surface area contributed by atoms with Gasteiger partial charge in [-0.15, -0.1) is 0 Å². The fraction of sp³-hybridized carbons (Fsp3) is 0.0400. The van der Waals surface area contributed by atoms with Crippen molar-refractivity contribution in [1.29, 1.82) is 0 Å². The summed E-state index contributed by atoms with van der Waals surface area (Å²) in [5, 5.41) is 1.43. The van der Waals surface area contributed by atoms with Crippen molar-refractivity contribution < 1.29 is 13.2 Å². The predicted octanol–water partition coefficient (Wildman–Crippen LogP) is 7.67. The Bertz CT molecular complexity index is 1330. The van der Waals surface area contributed by atoms with E-state index in [1.165, 1.54) is 6.08 Å². The molecule has 3 aromatic carbocycles. The Labute approximate surface area is 176 Å². The summed E-state index contributed by atoms with van der Waals surface area (Å²) in [4.78, 5) is 0. The minimum absolute atomic E-state index is 0.168. The van der Waals surface area contributed by atoms with E-state index in [9.17, 15) is 13.2 Å². The van der Waals surface area contributed by atoms with Crippen LogP contribution in [0.2, 0.25) is 5.02 Å². The highest BCUT2D eigenvalue weighted by molar-refractivity contribution is 6.31. The Morgan fingerprint density at radius 2 is 1.57 bits per heavy atom. The largest absolute Gasteiger partial charge is 0.417 e. The first-order chi connectivity index (χ1) is 14.4. The highest BCUT2D eigenvalue weighted by atomic mass is 35.5. The van der Waals surface area contributed by atoms with Crippen LogP contribution in [0.15, 0.2) is 90.6 Å². The van der Waals surface area contributed by atoms with Gasteiger partial charge in [-0.05, 0) is 41.0 Å². The Kier molecular flexibility index (Phi) is 4.33. The standard InChI is InChI=1S/C25H15ClF3N/c26-19-11-10-16-12-13-30(22(16)15-19)24(17-6-2-1-3-7-17)23-20-9-5-4-8-18(20)14-21(23)25(27,28)29/h1-15H. The smallest absolute Gasteiger partial charge is 0.315 e. The summed E-state index contributed by atoms with van der Waals surface area (Å²) in [7, 11) is 0. The fourth-order valence-corrected chi connectivity index (χ4v) is 4.16. The minimum atomic E-state index is -4.49. The summed E-state index contributed by atoms with van der Waals surface area (Å²) >= 11 is 6.22. The van der Waals surface area contributed by atoms with Crippen LogP contribution in [0.5, 0.6) is 0 Å². The lowest BCUT2D eigenvalue weighted by atomic mass is 9.96. The van der Waals surface area contributed by atoms with Crippen LogP contribution >= 0.6 is 11.6 Å². The Hall–Kier alpha value is -3.24. The van der Waals surface area contributed by atoms with Crippen LogP contribution < -0.4 is 0 Å². The van der Waals surface area contributed by atoms with Crippen LogP contribution in [0.1, 0.15) is 16.7 Å².